The number of aliphatic hydroxyl groups is 3. The molecule has 0 aromatic heterocycles. The number of carbonyl (C=O) groups is 3. The van der Waals surface area contributed by atoms with Gasteiger partial charge in [-0.05, 0) is 57.5 Å². The van der Waals surface area contributed by atoms with Gasteiger partial charge in [-0.3, -0.25) is 19.3 Å². The molecule has 1 saturated carbocycles. The smallest absolute Gasteiger partial charge is 0.255 e. The first-order chi connectivity index (χ1) is 19.2. The quantitative estimate of drug-likeness (QED) is 0.277. The highest BCUT2D eigenvalue weighted by Gasteiger charge is 2.64. The summed E-state index contributed by atoms with van der Waals surface area (Å²) in [6, 6.07) is 0.724. The first-order valence-electron chi connectivity index (χ1n) is 13.5. The summed E-state index contributed by atoms with van der Waals surface area (Å²) in [5, 5.41) is 49.1. The van der Waals surface area contributed by atoms with Crippen molar-refractivity contribution in [2.45, 2.75) is 44.4 Å². The Labute approximate surface area is 237 Å². The molecule has 1 aromatic rings. The van der Waals surface area contributed by atoms with E-state index in [2.05, 4.69) is 11.4 Å². The molecule has 11 nitrogen and oxygen atoms in total. The van der Waals surface area contributed by atoms with E-state index in [-0.39, 0.29) is 36.3 Å². The number of nitrogens with one attached hydrogen (secondary N) is 1. The first kappa shape index (κ1) is 28.4. The van der Waals surface area contributed by atoms with Crippen molar-refractivity contribution in [2.75, 3.05) is 33.1 Å². The van der Waals surface area contributed by atoms with Gasteiger partial charge in [-0.2, -0.15) is 0 Å². The summed E-state index contributed by atoms with van der Waals surface area (Å²) >= 11 is 0. The van der Waals surface area contributed by atoms with Crippen LogP contribution in [0.3, 0.4) is 0 Å². The number of primary amides is 1. The standard InChI is InChI=1S/C30H36N4O7/c1-13-6-7-16(8-13)32-12-15-11-19(33(2)3)17-9-14-10-18-23(34(4)5)26(37)22(29(31)40)28(39)30(18,41)27(38)20(14)25(36)21(17)24(15)35/h6,8,11,14,18,23,32,35-36,39,41H,7,9-10,12H2,1-5H3,(H2,31,40)/t14-,18-,23?,30-/m1/s1. The maximum absolute atomic E-state index is 14.1. The Kier molecular flexibility index (Phi) is 6.78. The number of anilines is 1. The molecule has 0 radical (unpaired) electrons. The van der Waals surface area contributed by atoms with E-state index in [1.807, 2.05) is 38.1 Å². The van der Waals surface area contributed by atoms with Crippen LogP contribution in [0.2, 0.25) is 0 Å². The van der Waals surface area contributed by atoms with Crippen LogP contribution in [0.25, 0.3) is 5.76 Å². The van der Waals surface area contributed by atoms with E-state index in [0.29, 0.717) is 11.1 Å². The molecule has 5 rings (SSSR count). The average Bonchev–Trinajstić information content (AvgIpc) is 3.30. The fourth-order valence-electron chi connectivity index (χ4n) is 6.88. The van der Waals surface area contributed by atoms with Crippen molar-refractivity contribution in [1.29, 1.82) is 0 Å². The van der Waals surface area contributed by atoms with Gasteiger partial charge in [0.1, 0.15) is 22.8 Å². The summed E-state index contributed by atoms with van der Waals surface area (Å²) in [7, 11) is 6.83. The lowest BCUT2D eigenvalue weighted by Gasteiger charge is -2.50. The number of aromatic hydroxyl groups is 1. The van der Waals surface area contributed by atoms with Gasteiger partial charge in [-0.1, -0.05) is 11.6 Å². The Bertz CT molecular complexity index is 1520. The molecule has 11 heteroatoms. The lowest BCUT2D eigenvalue weighted by atomic mass is 9.57. The van der Waals surface area contributed by atoms with E-state index in [4.69, 9.17) is 5.73 Å². The fraction of sp³-hybridized carbons (Fsp3) is 0.433. The summed E-state index contributed by atoms with van der Waals surface area (Å²) in [6.45, 7) is 2.26. The van der Waals surface area contributed by atoms with Crippen LogP contribution in [-0.4, -0.2) is 82.6 Å². The van der Waals surface area contributed by atoms with Crippen molar-refractivity contribution in [3.63, 3.8) is 0 Å². The molecule has 218 valence electrons. The van der Waals surface area contributed by atoms with Gasteiger partial charge in [0, 0.05) is 55.5 Å². The van der Waals surface area contributed by atoms with Crippen molar-refractivity contribution < 1.29 is 34.8 Å². The number of phenols is 1. The topological polar surface area (TPSA) is 177 Å². The van der Waals surface area contributed by atoms with Crippen LogP contribution < -0.4 is 16.0 Å². The minimum absolute atomic E-state index is 0.0448. The third-order valence-corrected chi connectivity index (χ3v) is 8.81. The van der Waals surface area contributed by atoms with Gasteiger partial charge in [-0.25, -0.2) is 0 Å². The number of benzene rings is 1. The maximum atomic E-state index is 14.1. The molecule has 41 heavy (non-hydrogen) atoms. The number of phenolic OH excluding ortho intramolecular Hbond substituents is 1. The van der Waals surface area contributed by atoms with Crippen LogP contribution >= 0.6 is 0 Å². The predicted octanol–water partition coefficient (Wildman–Crippen LogP) is 1.35. The molecule has 1 amide bonds. The molecule has 4 aliphatic rings. The van der Waals surface area contributed by atoms with Crippen molar-refractivity contribution in [2.24, 2.45) is 17.6 Å². The molecule has 7 N–H and O–H groups in total. The van der Waals surface area contributed by atoms with Crippen LogP contribution in [0.5, 0.6) is 5.75 Å². The van der Waals surface area contributed by atoms with E-state index in [9.17, 15) is 34.8 Å². The Morgan fingerprint density at radius 2 is 1.85 bits per heavy atom. The SMILES string of the molecule is CC1=CCC(NCc2cc(N(C)C)c3c(c2O)C(O)=C2C(=O)[C@@]4(O)C(O)=C(C(N)=O)C(=O)C(N(C)C)[C@H]4C[C@H]2C3)=C1. The Morgan fingerprint density at radius 3 is 2.41 bits per heavy atom. The highest BCUT2D eigenvalue weighted by molar-refractivity contribution is 6.24. The van der Waals surface area contributed by atoms with Crippen LogP contribution in [0.15, 0.2) is 46.4 Å². The second-order valence-corrected chi connectivity index (χ2v) is 11.8. The third-order valence-electron chi connectivity index (χ3n) is 8.81. The molecule has 0 bridgehead atoms. The molecule has 1 aromatic carbocycles. The van der Waals surface area contributed by atoms with E-state index in [1.165, 1.54) is 4.90 Å². The second kappa shape index (κ2) is 9.78. The van der Waals surface area contributed by atoms with E-state index >= 15 is 0 Å². The summed E-state index contributed by atoms with van der Waals surface area (Å²) in [5.41, 5.74) is 5.80. The molecule has 0 saturated heterocycles. The number of hydrogen-bond acceptors (Lipinski definition) is 10. The zero-order valence-electron chi connectivity index (χ0n) is 23.8. The van der Waals surface area contributed by atoms with Crippen molar-refractivity contribution in [3.05, 3.63) is 63.1 Å². The van der Waals surface area contributed by atoms with Gasteiger partial charge in [0.2, 0.25) is 5.78 Å². The van der Waals surface area contributed by atoms with Crippen LogP contribution in [0.1, 0.15) is 36.5 Å². The zero-order valence-corrected chi connectivity index (χ0v) is 23.8. The van der Waals surface area contributed by atoms with Crippen LogP contribution in [0, 0.1) is 11.8 Å². The van der Waals surface area contributed by atoms with Gasteiger partial charge in [-0.15, -0.1) is 0 Å². The number of amides is 1. The highest BCUT2D eigenvalue weighted by atomic mass is 16.3. The number of nitrogens with zero attached hydrogens (tertiary/aromatic N) is 2. The summed E-state index contributed by atoms with van der Waals surface area (Å²) < 4.78 is 0. The zero-order chi connectivity index (χ0) is 30.1. The predicted molar refractivity (Wildman–Crippen MR) is 152 cm³/mol. The Hall–Kier alpha value is -4.09. The minimum atomic E-state index is -2.66. The van der Waals surface area contributed by atoms with E-state index in [1.54, 1.807) is 14.1 Å². The summed E-state index contributed by atoms with van der Waals surface area (Å²) in [6.07, 6.45) is 5.11. The molecule has 0 heterocycles. The van der Waals surface area contributed by atoms with E-state index in [0.717, 1.165) is 23.4 Å². The van der Waals surface area contributed by atoms with Crippen LogP contribution in [-0.2, 0) is 27.3 Å². The summed E-state index contributed by atoms with van der Waals surface area (Å²) in [4.78, 5) is 42.8. The van der Waals surface area contributed by atoms with Gasteiger partial charge in [0.05, 0.1) is 11.6 Å². The normalized spacial score (nSPS) is 27.3. The number of rotatable bonds is 6. The largest absolute Gasteiger partial charge is 0.508 e. The monoisotopic (exact) mass is 564 g/mol. The molecular formula is C30H36N4O7. The second-order valence-electron chi connectivity index (χ2n) is 11.8. The maximum Gasteiger partial charge on any atom is 0.255 e. The molecular weight excluding hydrogens is 528 g/mol. The molecule has 0 aliphatic heterocycles. The average molecular weight is 565 g/mol. The van der Waals surface area contributed by atoms with Gasteiger partial charge in [0.25, 0.3) is 5.91 Å². The molecule has 1 fully saturated rings. The Balaban J connectivity index is 1.66. The Morgan fingerprint density at radius 1 is 1.17 bits per heavy atom. The first-order valence-corrected chi connectivity index (χ1v) is 13.5. The number of aliphatic hydroxyl groups excluding tert-OH is 2. The van der Waals surface area contributed by atoms with Gasteiger partial charge in [0.15, 0.2) is 11.4 Å². The molecule has 1 unspecified atom stereocenters. The number of fused-ring (bicyclic) bond motifs is 3. The number of Topliss-reactive ketones (excluding diaryl/α,β-unsaturated/α-hetero) is 2. The summed E-state index contributed by atoms with van der Waals surface area (Å²) in [5.74, 6) is -6.60. The molecule has 4 atom stereocenters. The highest BCUT2D eigenvalue weighted by Crippen LogP contribution is 2.54. The van der Waals surface area contributed by atoms with Crippen molar-refractivity contribution >= 4 is 28.9 Å². The third kappa shape index (κ3) is 4.14. The molecule has 4 aliphatic carbocycles. The number of carbonyl (C=O) groups excluding carboxylic acids is 3. The van der Waals surface area contributed by atoms with Gasteiger partial charge >= 0.3 is 0 Å². The lowest BCUT2D eigenvalue weighted by Crippen LogP contribution is -2.65. The number of hydrogen-bond donors (Lipinski definition) is 6. The van der Waals surface area contributed by atoms with Crippen molar-refractivity contribution in [3.8, 4) is 5.75 Å². The number of likely N-dealkylation sites (N-methyl/N-ethyl adjacent to an activating group) is 1. The lowest BCUT2D eigenvalue weighted by molar-refractivity contribution is -0.153. The number of nitrogens with two attached hydrogens (primary N) is 1. The van der Waals surface area contributed by atoms with Crippen LogP contribution in [0.4, 0.5) is 5.69 Å². The van der Waals surface area contributed by atoms with Gasteiger partial charge < -0.3 is 36.4 Å². The van der Waals surface area contributed by atoms with E-state index < -0.39 is 58.0 Å². The fourth-order valence-corrected chi connectivity index (χ4v) is 6.88. The minimum Gasteiger partial charge on any atom is -0.508 e. The number of allylic oxidation sites excluding steroid dienone is 3. The number of ketones is 2. The van der Waals surface area contributed by atoms with Crippen molar-refractivity contribution in [1.82, 2.24) is 10.2 Å². The molecule has 0 spiro atoms.